The highest BCUT2D eigenvalue weighted by atomic mass is 79.9. The third kappa shape index (κ3) is 3.80. The number of hydrogen-bond acceptors (Lipinski definition) is 5. The van der Waals surface area contributed by atoms with Gasteiger partial charge in [-0.25, -0.2) is 4.98 Å². The topological polar surface area (TPSA) is 70.8 Å². The first kappa shape index (κ1) is 18.0. The van der Waals surface area contributed by atoms with E-state index in [1.165, 1.54) is 0 Å². The molecule has 0 unspecified atom stereocenters. The molecule has 28 heavy (non-hydrogen) atoms. The van der Waals surface area contributed by atoms with Crippen LogP contribution in [0.5, 0.6) is 11.6 Å². The van der Waals surface area contributed by atoms with Crippen LogP contribution in [-0.2, 0) is 0 Å². The Morgan fingerprint density at radius 1 is 1.00 bits per heavy atom. The van der Waals surface area contributed by atoms with E-state index in [2.05, 4.69) is 43.4 Å². The van der Waals surface area contributed by atoms with Crippen LogP contribution in [0.25, 0.3) is 10.8 Å². The second kappa shape index (κ2) is 7.67. The quantitative estimate of drug-likeness (QED) is 0.422. The Balaban J connectivity index is 1.62. The molecule has 0 aliphatic rings. The average molecular weight is 431 g/mol. The maximum Gasteiger partial charge on any atom is 0.230 e. The van der Waals surface area contributed by atoms with Crippen molar-refractivity contribution in [2.75, 3.05) is 5.32 Å². The Hall–Kier alpha value is -3.43. The first-order valence-electron chi connectivity index (χ1n) is 8.60. The minimum Gasteiger partial charge on any atom is -0.438 e. The highest BCUT2D eigenvalue weighted by Gasteiger charge is 2.10. The molecule has 1 N–H and O–H groups in total. The van der Waals surface area contributed by atoms with Gasteiger partial charge in [-0.3, -0.25) is 0 Å². The molecule has 4 aromatic rings. The Morgan fingerprint density at radius 3 is 2.57 bits per heavy atom. The number of nitrogens with one attached hydrogen (secondary N) is 1. The van der Waals surface area contributed by atoms with Crippen molar-refractivity contribution in [1.82, 2.24) is 9.97 Å². The summed E-state index contributed by atoms with van der Waals surface area (Å²) in [6.45, 7) is 1.88. The van der Waals surface area contributed by atoms with E-state index in [9.17, 15) is 0 Å². The van der Waals surface area contributed by atoms with Gasteiger partial charge in [0.05, 0.1) is 16.1 Å². The van der Waals surface area contributed by atoms with E-state index in [4.69, 9.17) is 10.00 Å². The maximum atomic E-state index is 8.90. The monoisotopic (exact) mass is 430 g/mol. The van der Waals surface area contributed by atoms with Crippen LogP contribution in [0, 0.1) is 18.3 Å². The molecule has 6 heteroatoms. The molecule has 0 fully saturated rings. The Kier molecular flexibility index (Phi) is 4.92. The molecule has 1 aromatic heterocycles. The molecular formula is C22H15BrN4O. The smallest absolute Gasteiger partial charge is 0.230 e. The van der Waals surface area contributed by atoms with Crippen LogP contribution < -0.4 is 10.1 Å². The van der Waals surface area contributed by atoms with Gasteiger partial charge in [0, 0.05) is 17.4 Å². The van der Waals surface area contributed by atoms with Crippen molar-refractivity contribution < 1.29 is 4.74 Å². The molecule has 136 valence electrons. The van der Waals surface area contributed by atoms with Gasteiger partial charge >= 0.3 is 0 Å². The minimum absolute atomic E-state index is 0.427. The van der Waals surface area contributed by atoms with Gasteiger partial charge < -0.3 is 10.1 Å². The van der Waals surface area contributed by atoms with E-state index in [0.29, 0.717) is 23.1 Å². The third-order valence-electron chi connectivity index (χ3n) is 4.14. The summed E-state index contributed by atoms with van der Waals surface area (Å²) in [4.78, 5) is 8.86. The van der Waals surface area contributed by atoms with E-state index >= 15 is 0 Å². The second-order valence-corrected chi connectivity index (χ2v) is 6.98. The molecule has 4 rings (SSSR count). The molecule has 5 nitrogen and oxygen atoms in total. The number of halogens is 1. The van der Waals surface area contributed by atoms with Crippen LogP contribution in [0.3, 0.4) is 0 Å². The molecule has 3 aromatic carbocycles. The van der Waals surface area contributed by atoms with Crippen molar-refractivity contribution in [2.45, 2.75) is 6.92 Å². The summed E-state index contributed by atoms with van der Waals surface area (Å²) < 4.78 is 6.91. The van der Waals surface area contributed by atoms with Crippen molar-refractivity contribution in [1.29, 1.82) is 5.26 Å². The number of aromatic nitrogens is 2. The molecule has 1 heterocycles. The number of rotatable bonds is 4. The molecule has 0 saturated carbocycles. The molecule has 0 spiro atoms. The maximum absolute atomic E-state index is 8.90. The molecule has 0 radical (unpaired) electrons. The first-order valence-corrected chi connectivity index (χ1v) is 9.40. The summed E-state index contributed by atoms with van der Waals surface area (Å²) in [6.07, 6.45) is 0. The summed E-state index contributed by atoms with van der Waals surface area (Å²) in [6, 6.07) is 23.0. The predicted molar refractivity (Wildman–Crippen MR) is 113 cm³/mol. The van der Waals surface area contributed by atoms with Gasteiger partial charge in [-0.15, -0.1) is 0 Å². The highest BCUT2D eigenvalue weighted by Crippen LogP contribution is 2.35. The summed E-state index contributed by atoms with van der Waals surface area (Å²) in [7, 11) is 0. The average Bonchev–Trinajstić information content (AvgIpc) is 2.70. The van der Waals surface area contributed by atoms with E-state index in [1.54, 1.807) is 18.2 Å². The van der Waals surface area contributed by atoms with E-state index < -0.39 is 0 Å². The zero-order valence-electron chi connectivity index (χ0n) is 15.0. The summed E-state index contributed by atoms with van der Waals surface area (Å²) in [5, 5.41) is 14.2. The molecular weight excluding hydrogens is 416 g/mol. The number of ether oxygens (including phenoxy) is 1. The fraction of sp³-hybridized carbons (Fsp3) is 0.0455. The molecule has 0 amide bonds. The zero-order valence-corrected chi connectivity index (χ0v) is 16.6. The fourth-order valence-corrected chi connectivity index (χ4v) is 3.38. The van der Waals surface area contributed by atoms with E-state index in [-0.39, 0.29) is 0 Å². The third-order valence-corrected chi connectivity index (χ3v) is 4.96. The van der Waals surface area contributed by atoms with Gasteiger partial charge in [0.15, 0.2) is 0 Å². The van der Waals surface area contributed by atoms with E-state index in [0.717, 1.165) is 26.6 Å². The number of nitrogens with zero attached hydrogens (tertiary/aromatic N) is 3. The Labute approximate surface area is 170 Å². The van der Waals surface area contributed by atoms with Crippen molar-refractivity contribution in [3.63, 3.8) is 0 Å². The largest absolute Gasteiger partial charge is 0.438 e. The minimum atomic E-state index is 0.427. The van der Waals surface area contributed by atoms with Crippen molar-refractivity contribution >= 4 is 38.3 Å². The lowest BCUT2D eigenvalue weighted by molar-refractivity contribution is 0.460. The lowest BCUT2D eigenvalue weighted by Gasteiger charge is -2.11. The second-order valence-electron chi connectivity index (χ2n) is 6.19. The van der Waals surface area contributed by atoms with Gasteiger partial charge in [0.1, 0.15) is 5.75 Å². The molecule has 0 aliphatic heterocycles. The number of benzene rings is 3. The predicted octanol–water partition coefficient (Wildman–Crippen LogP) is 6.11. The first-order chi connectivity index (χ1) is 13.6. The van der Waals surface area contributed by atoms with Gasteiger partial charge in [-0.05, 0) is 64.0 Å². The molecule has 0 saturated heterocycles. The Bertz CT molecular complexity index is 1200. The standard InChI is InChI=1S/C22H15BrN4O/c1-14-12-20(27-22(25-14)26-17-9-6-15(13-24)7-10-17)28-19-11-8-16-4-2-3-5-18(16)21(19)23/h2-12H,1H3,(H,25,26,27). The lowest BCUT2D eigenvalue weighted by atomic mass is 10.1. The number of aryl methyl sites for hydroxylation is 1. The van der Waals surface area contributed by atoms with Crippen LogP contribution in [0.2, 0.25) is 0 Å². The lowest BCUT2D eigenvalue weighted by Crippen LogP contribution is -2.00. The fourth-order valence-electron chi connectivity index (χ4n) is 2.81. The van der Waals surface area contributed by atoms with Crippen molar-refractivity contribution in [2.24, 2.45) is 0 Å². The molecule has 0 bridgehead atoms. The van der Waals surface area contributed by atoms with Gasteiger partial charge in [0.2, 0.25) is 11.8 Å². The summed E-state index contributed by atoms with van der Waals surface area (Å²) in [5.74, 6) is 1.55. The van der Waals surface area contributed by atoms with Gasteiger partial charge in [-0.1, -0.05) is 30.3 Å². The van der Waals surface area contributed by atoms with E-state index in [1.807, 2.05) is 49.4 Å². The summed E-state index contributed by atoms with van der Waals surface area (Å²) in [5.41, 5.74) is 2.17. The molecule has 0 aliphatic carbocycles. The van der Waals surface area contributed by atoms with Gasteiger partial charge in [0.25, 0.3) is 0 Å². The number of anilines is 2. The SMILES string of the molecule is Cc1cc(Oc2ccc3ccccc3c2Br)nc(Nc2ccc(C#N)cc2)n1. The summed E-state index contributed by atoms with van der Waals surface area (Å²) >= 11 is 3.63. The number of hydrogen-bond donors (Lipinski definition) is 1. The van der Waals surface area contributed by atoms with Crippen LogP contribution in [0.4, 0.5) is 11.6 Å². The normalized spacial score (nSPS) is 10.5. The molecule has 0 atom stereocenters. The van der Waals surface area contributed by atoms with Crippen LogP contribution >= 0.6 is 15.9 Å². The van der Waals surface area contributed by atoms with Crippen LogP contribution in [-0.4, -0.2) is 9.97 Å². The van der Waals surface area contributed by atoms with Gasteiger partial charge in [-0.2, -0.15) is 10.2 Å². The number of fused-ring (bicyclic) bond motifs is 1. The van der Waals surface area contributed by atoms with Crippen LogP contribution in [0.1, 0.15) is 11.3 Å². The van der Waals surface area contributed by atoms with Crippen LogP contribution in [0.15, 0.2) is 71.2 Å². The Morgan fingerprint density at radius 2 is 1.79 bits per heavy atom. The number of nitriles is 1. The highest BCUT2D eigenvalue weighted by molar-refractivity contribution is 9.10. The zero-order chi connectivity index (χ0) is 19.5. The van der Waals surface area contributed by atoms with Crippen molar-refractivity contribution in [3.05, 3.63) is 82.5 Å². The van der Waals surface area contributed by atoms with Crippen molar-refractivity contribution in [3.8, 4) is 17.7 Å².